The van der Waals surface area contributed by atoms with Crippen LogP contribution in [0.3, 0.4) is 0 Å². The van der Waals surface area contributed by atoms with Gasteiger partial charge in [-0.05, 0) is 17.7 Å². The second kappa shape index (κ2) is 7.99. The van der Waals surface area contributed by atoms with Crippen molar-refractivity contribution in [2.24, 2.45) is 0 Å². The minimum atomic E-state index is 0. The predicted octanol–water partition coefficient (Wildman–Crippen LogP) is 3.94. The third-order valence-corrected chi connectivity index (χ3v) is 2.86. The summed E-state index contributed by atoms with van der Waals surface area (Å²) in [5.74, 6) is 0. The smallest absolute Gasteiger partial charge is 0.0595 e. The number of halogens is 4. The van der Waals surface area contributed by atoms with Crippen LogP contribution in [0.2, 0.25) is 10.0 Å². The van der Waals surface area contributed by atoms with Gasteiger partial charge in [0.25, 0.3) is 0 Å². The molecule has 0 heterocycles. The molecule has 14 heavy (non-hydrogen) atoms. The Kier molecular flexibility index (Phi) is 8.44. The maximum atomic E-state index is 5.87. The number of alkyl halides is 1. The van der Waals surface area contributed by atoms with Gasteiger partial charge in [0.05, 0.1) is 10.0 Å². The van der Waals surface area contributed by atoms with Crippen molar-refractivity contribution in [2.45, 2.75) is 6.54 Å². The van der Waals surface area contributed by atoms with Gasteiger partial charge in [0.1, 0.15) is 0 Å². The van der Waals surface area contributed by atoms with Crippen molar-refractivity contribution in [1.29, 1.82) is 0 Å². The molecule has 0 radical (unpaired) electrons. The Morgan fingerprint density at radius 1 is 1.21 bits per heavy atom. The lowest BCUT2D eigenvalue weighted by atomic mass is 10.2. The monoisotopic (exact) mass is 365 g/mol. The van der Waals surface area contributed by atoms with E-state index in [1.165, 1.54) is 5.56 Å². The summed E-state index contributed by atoms with van der Waals surface area (Å²) in [7, 11) is 0. The van der Waals surface area contributed by atoms with Gasteiger partial charge < -0.3 is 5.32 Å². The molecule has 0 spiro atoms. The van der Waals surface area contributed by atoms with Crippen LogP contribution in [0.25, 0.3) is 0 Å². The summed E-state index contributed by atoms with van der Waals surface area (Å²) < 4.78 is 1.11. The van der Waals surface area contributed by atoms with Gasteiger partial charge in [0.2, 0.25) is 0 Å². The standard InChI is InChI=1S/C9H10Cl2IN.ClH/c10-8-2-1-7(5-9(8)11)6-13-4-3-12;/h1-2,5,13H,3-4,6H2;1H. The second-order valence-electron chi connectivity index (χ2n) is 2.61. The Morgan fingerprint density at radius 2 is 1.93 bits per heavy atom. The fourth-order valence-electron chi connectivity index (χ4n) is 0.949. The summed E-state index contributed by atoms with van der Waals surface area (Å²) in [4.78, 5) is 0. The van der Waals surface area contributed by atoms with Crippen LogP contribution in [0, 0.1) is 0 Å². The quantitative estimate of drug-likeness (QED) is 0.484. The van der Waals surface area contributed by atoms with Crippen LogP contribution in [-0.4, -0.2) is 11.0 Å². The highest BCUT2D eigenvalue weighted by molar-refractivity contribution is 14.1. The van der Waals surface area contributed by atoms with E-state index < -0.39 is 0 Å². The van der Waals surface area contributed by atoms with Crippen LogP contribution in [0.1, 0.15) is 5.56 Å². The Balaban J connectivity index is 0.00000169. The fourth-order valence-corrected chi connectivity index (χ4v) is 1.65. The van der Waals surface area contributed by atoms with E-state index in [1.807, 2.05) is 18.2 Å². The normalized spacial score (nSPS) is 9.64. The van der Waals surface area contributed by atoms with E-state index in [-0.39, 0.29) is 12.4 Å². The number of rotatable bonds is 4. The van der Waals surface area contributed by atoms with E-state index in [0.717, 1.165) is 17.5 Å². The van der Waals surface area contributed by atoms with Crippen LogP contribution in [0.4, 0.5) is 0 Å². The Labute approximate surface area is 114 Å². The summed E-state index contributed by atoms with van der Waals surface area (Å²) in [6.07, 6.45) is 0. The minimum Gasteiger partial charge on any atom is -0.312 e. The maximum absolute atomic E-state index is 5.87. The summed E-state index contributed by atoms with van der Waals surface area (Å²) in [5, 5.41) is 4.52. The van der Waals surface area contributed by atoms with Crippen LogP contribution in [-0.2, 0) is 6.54 Å². The third kappa shape index (κ3) is 5.03. The number of hydrogen-bond donors (Lipinski definition) is 1. The molecule has 1 rings (SSSR count). The highest BCUT2D eigenvalue weighted by Crippen LogP contribution is 2.22. The first-order valence-corrected chi connectivity index (χ1v) is 6.23. The molecule has 1 N–H and O–H groups in total. The van der Waals surface area contributed by atoms with Gasteiger partial charge in [0, 0.05) is 17.5 Å². The van der Waals surface area contributed by atoms with E-state index in [2.05, 4.69) is 27.9 Å². The first kappa shape index (κ1) is 14.8. The van der Waals surface area contributed by atoms with Gasteiger partial charge >= 0.3 is 0 Å². The third-order valence-electron chi connectivity index (χ3n) is 1.58. The predicted molar refractivity (Wildman–Crippen MR) is 74.3 cm³/mol. The molecule has 0 aliphatic carbocycles. The van der Waals surface area contributed by atoms with Crippen molar-refractivity contribution < 1.29 is 0 Å². The molecule has 0 amide bonds. The van der Waals surface area contributed by atoms with E-state index in [4.69, 9.17) is 23.2 Å². The molecule has 0 saturated heterocycles. The molecule has 0 bridgehead atoms. The molecule has 5 heteroatoms. The maximum Gasteiger partial charge on any atom is 0.0595 e. The molecule has 1 aromatic rings. The van der Waals surface area contributed by atoms with Crippen molar-refractivity contribution in [2.75, 3.05) is 11.0 Å². The van der Waals surface area contributed by atoms with Crippen LogP contribution in [0.15, 0.2) is 18.2 Å². The molecule has 1 nitrogen and oxygen atoms in total. The zero-order valence-electron chi connectivity index (χ0n) is 7.40. The van der Waals surface area contributed by atoms with E-state index in [9.17, 15) is 0 Å². The van der Waals surface area contributed by atoms with Gasteiger partial charge in [-0.1, -0.05) is 51.9 Å². The molecular weight excluding hydrogens is 355 g/mol. The van der Waals surface area contributed by atoms with Gasteiger partial charge in [-0.25, -0.2) is 0 Å². The molecule has 0 unspecified atom stereocenters. The zero-order chi connectivity index (χ0) is 9.68. The van der Waals surface area contributed by atoms with Crippen molar-refractivity contribution >= 4 is 58.2 Å². The molecule has 80 valence electrons. The Morgan fingerprint density at radius 3 is 2.50 bits per heavy atom. The zero-order valence-corrected chi connectivity index (χ0v) is 11.9. The molecule has 0 aliphatic heterocycles. The Hall–Kier alpha value is 0.780. The van der Waals surface area contributed by atoms with E-state index >= 15 is 0 Å². The van der Waals surface area contributed by atoms with Crippen molar-refractivity contribution in [1.82, 2.24) is 5.32 Å². The molecule has 0 atom stereocenters. The second-order valence-corrected chi connectivity index (χ2v) is 4.51. The average Bonchev–Trinajstić information content (AvgIpc) is 2.12. The first-order chi connectivity index (χ1) is 6.24. The van der Waals surface area contributed by atoms with Crippen LogP contribution in [0.5, 0.6) is 0 Å². The van der Waals surface area contributed by atoms with Crippen LogP contribution < -0.4 is 5.32 Å². The molecular formula is C9H11Cl3IN. The molecule has 0 saturated carbocycles. The van der Waals surface area contributed by atoms with Gasteiger partial charge in [-0.2, -0.15) is 0 Å². The average molecular weight is 366 g/mol. The number of nitrogens with one attached hydrogen (secondary N) is 1. The minimum absolute atomic E-state index is 0. The highest BCUT2D eigenvalue weighted by atomic mass is 127. The lowest BCUT2D eigenvalue weighted by molar-refractivity contribution is 0.737. The van der Waals surface area contributed by atoms with Crippen molar-refractivity contribution in [3.63, 3.8) is 0 Å². The van der Waals surface area contributed by atoms with Gasteiger partial charge in [0.15, 0.2) is 0 Å². The SMILES string of the molecule is Cl.Clc1ccc(CNCCI)cc1Cl. The van der Waals surface area contributed by atoms with Crippen molar-refractivity contribution in [3.8, 4) is 0 Å². The van der Waals surface area contributed by atoms with E-state index in [1.54, 1.807) is 0 Å². The molecule has 0 aliphatic rings. The highest BCUT2D eigenvalue weighted by Gasteiger charge is 1.98. The summed E-state index contributed by atoms with van der Waals surface area (Å²) >= 11 is 14.0. The summed E-state index contributed by atoms with van der Waals surface area (Å²) in [6, 6.07) is 5.70. The van der Waals surface area contributed by atoms with Gasteiger partial charge in [-0.3, -0.25) is 0 Å². The van der Waals surface area contributed by atoms with Gasteiger partial charge in [-0.15, -0.1) is 12.4 Å². The summed E-state index contributed by atoms with van der Waals surface area (Å²) in [6.45, 7) is 1.86. The largest absolute Gasteiger partial charge is 0.312 e. The van der Waals surface area contributed by atoms with Crippen molar-refractivity contribution in [3.05, 3.63) is 33.8 Å². The van der Waals surface area contributed by atoms with E-state index in [0.29, 0.717) is 10.0 Å². The molecule has 0 aromatic heterocycles. The fraction of sp³-hybridized carbons (Fsp3) is 0.333. The molecule has 1 aromatic carbocycles. The lowest BCUT2D eigenvalue weighted by Gasteiger charge is -2.03. The summed E-state index contributed by atoms with van der Waals surface area (Å²) in [5.41, 5.74) is 1.17. The molecule has 0 fully saturated rings. The Bertz CT molecular complexity index is 281. The lowest BCUT2D eigenvalue weighted by Crippen LogP contribution is -2.15. The topological polar surface area (TPSA) is 12.0 Å². The number of benzene rings is 1. The first-order valence-electron chi connectivity index (χ1n) is 3.94. The number of hydrogen-bond acceptors (Lipinski definition) is 1. The van der Waals surface area contributed by atoms with Crippen LogP contribution >= 0.6 is 58.2 Å².